The van der Waals surface area contributed by atoms with Gasteiger partial charge >= 0.3 is 5.97 Å². The molecule has 1 heterocycles. The van der Waals surface area contributed by atoms with Gasteiger partial charge in [0.1, 0.15) is 0 Å². The highest BCUT2D eigenvalue weighted by atomic mass is 35.5. The highest BCUT2D eigenvalue weighted by Gasteiger charge is 2.45. The number of aliphatic hydroxyl groups is 1. The van der Waals surface area contributed by atoms with Crippen molar-refractivity contribution in [3.63, 3.8) is 0 Å². The SMILES string of the molecule is CC[C@@H](CO)N1C(=O)[C@@H](CC(=O)O)C[C@H](c2cccc(Cl)c2)[C@H]1c1ccc(Cl)cc1. The monoisotopic (exact) mass is 449 g/mol. The second kappa shape index (κ2) is 9.82. The van der Waals surface area contributed by atoms with E-state index in [1.807, 2.05) is 37.3 Å². The van der Waals surface area contributed by atoms with Crippen LogP contribution in [0, 0.1) is 5.92 Å². The van der Waals surface area contributed by atoms with Crippen molar-refractivity contribution in [1.29, 1.82) is 0 Å². The van der Waals surface area contributed by atoms with Crippen LogP contribution < -0.4 is 0 Å². The maximum Gasteiger partial charge on any atom is 0.304 e. The van der Waals surface area contributed by atoms with Crippen molar-refractivity contribution in [2.45, 2.75) is 44.2 Å². The highest BCUT2D eigenvalue weighted by Crippen LogP contribution is 2.47. The fourth-order valence-electron chi connectivity index (χ4n) is 4.39. The van der Waals surface area contributed by atoms with Gasteiger partial charge in [0, 0.05) is 21.9 Å². The zero-order valence-corrected chi connectivity index (χ0v) is 18.2. The third-order valence-electron chi connectivity index (χ3n) is 5.81. The van der Waals surface area contributed by atoms with Gasteiger partial charge in [-0.15, -0.1) is 0 Å². The van der Waals surface area contributed by atoms with Gasteiger partial charge in [0.25, 0.3) is 0 Å². The van der Waals surface area contributed by atoms with Crippen LogP contribution in [0.1, 0.15) is 49.3 Å². The van der Waals surface area contributed by atoms with Gasteiger partial charge in [0.15, 0.2) is 0 Å². The molecule has 1 fully saturated rings. The van der Waals surface area contributed by atoms with E-state index < -0.39 is 17.9 Å². The number of aliphatic carboxylic acids is 1. The van der Waals surface area contributed by atoms with Gasteiger partial charge in [-0.1, -0.05) is 54.4 Å². The summed E-state index contributed by atoms with van der Waals surface area (Å²) in [7, 11) is 0. The maximum absolute atomic E-state index is 13.4. The van der Waals surface area contributed by atoms with Crippen LogP contribution >= 0.6 is 23.2 Å². The zero-order chi connectivity index (χ0) is 21.8. The van der Waals surface area contributed by atoms with Gasteiger partial charge in [0.2, 0.25) is 5.91 Å². The van der Waals surface area contributed by atoms with Crippen LogP contribution in [0.5, 0.6) is 0 Å². The van der Waals surface area contributed by atoms with Crippen molar-refractivity contribution in [3.8, 4) is 0 Å². The number of aliphatic hydroxyl groups excluding tert-OH is 1. The molecule has 1 aliphatic heterocycles. The van der Waals surface area contributed by atoms with Crippen LogP contribution in [0.3, 0.4) is 0 Å². The van der Waals surface area contributed by atoms with E-state index in [0.717, 1.165) is 11.1 Å². The Labute approximate surface area is 186 Å². The number of carboxylic acids is 1. The Bertz CT molecular complexity index is 898. The largest absolute Gasteiger partial charge is 0.481 e. The second-order valence-corrected chi connectivity index (χ2v) is 8.55. The van der Waals surface area contributed by atoms with E-state index in [0.29, 0.717) is 22.9 Å². The number of piperidine rings is 1. The number of carbonyl (C=O) groups is 2. The van der Waals surface area contributed by atoms with Crippen molar-refractivity contribution in [2.75, 3.05) is 6.61 Å². The highest BCUT2D eigenvalue weighted by molar-refractivity contribution is 6.30. The first-order valence-corrected chi connectivity index (χ1v) is 10.8. The Morgan fingerprint density at radius 2 is 1.83 bits per heavy atom. The first kappa shape index (κ1) is 22.6. The number of hydrogen-bond acceptors (Lipinski definition) is 3. The minimum atomic E-state index is -1.01. The predicted molar refractivity (Wildman–Crippen MR) is 117 cm³/mol. The third-order valence-corrected chi connectivity index (χ3v) is 6.29. The summed E-state index contributed by atoms with van der Waals surface area (Å²) in [6.07, 6.45) is 0.688. The quantitative estimate of drug-likeness (QED) is 0.628. The number of likely N-dealkylation sites (tertiary alicyclic amines) is 1. The van der Waals surface area contributed by atoms with E-state index >= 15 is 0 Å². The smallest absolute Gasteiger partial charge is 0.304 e. The van der Waals surface area contributed by atoms with Crippen molar-refractivity contribution >= 4 is 35.1 Å². The van der Waals surface area contributed by atoms with Crippen molar-refractivity contribution < 1.29 is 19.8 Å². The fourth-order valence-corrected chi connectivity index (χ4v) is 4.71. The molecule has 0 aromatic heterocycles. The summed E-state index contributed by atoms with van der Waals surface area (Å²) < 4.78 is 0. The Morgan fingerprint density at radius 3 is 2.40 bits per heavy atom. The Kier molecular flexibility index (Phi) is 7.40. The summed E-state index contributed by atoms with van der Waals surface area (Å²) in [5, 5.41) is 20.6. The molecule has 4 atom stereocenters. The van der Waals surface area contributed by atoms with Crippen LogP contribution in [0.2, 0.25) is 10.0 Å². The average molecular weight is 450 g/mol. The molecule has 0 saturated carbocycles. The van der Waals surface area contributed by atoms with Crippen molar-refractivity contribution in [1.82, 2.24) is 4.90 Å². The van der Waals surface area contributed by atoms with E-state index in [1.165, 1.54) is 0 Å². The molecule has 1 amide bonds. The normalized spacial score (nSPS) is 22.7. The number of halogens is 2. The molecule has 7 heteroatoms. The standard InChI is InChI=1S/C23H25Cl2NO4/c1-2-19(13-27)26-22(14-6-8-17(24)9-7-14)20(15-4-3-5-18(25)10-15)11-16(23(26)30)12-21(28)29/h3-10,16,19-20,22,27H,2,11-13H2,1H3,(H,28,29)/t16-,19+,20-,22-/m1/s1. The molecule has 2 aromatic rings. The fraction of sp³-hybridized carbons (Fsp3) is 0.391. The summed E-state index contributed by atoms with van der Waals surface area (Å²) >= 11 is 12.3. The topological polar surface area (TPSA) is 77.8 Å². The molecule has 1 saturated heterocycles. The van der Waals surface area contributed by atoms with Crippen molar-refractivity contribution in [3.05, 3.63) is 69.7 Å². The van der Waals surface area contributed by atoms with E-state index in [-0.39, 0.29) is 30.9 Å². The number of carboxylic acid groups (broad SMARTS) is 1. The second-order valence-electron chi connectivity index (χ2n) is 7.68. The number of nitrogens with zero attached hydrogens (tertiary/aromatic N) is 1. The third kappa shape index (κ3) is 4.80. The van der Waals surface area contributed by atoms with E-state index in [2.05, 4.69) is 0 Å². The minimum absolute atomic E-state index is 0.174. The molecule has 30 heavy (non-hydrogen) atoms. The van der Waals surface area contributed by atoms with Gasteiger partial charge in [-0.2, -0.15) is 0 Å². The lowest BCUT2D eigenvalue weighted by molar-refractivity contribution is -0.153. The lowest BCUT2D eigenvalue weighted by Crippen LogP contribution is -2.53. The van der Waals surface area contributed by atoms with Crippen LogP contribution in [0.4, 0.5) is 0 Å². The van der Waals surface area contributed by atoms with Crippen molar-refractivity contribution in [2.24, 2.45) is 5.92 Å². The van der Waals surface area contributed by atoms with Crippen LogP contribution in [0.15, 0.2) is 48.5 Å². The first-order valence-electron chi connectivity index (χ1n) is 10.0. The molecule has 0 unspecified atom stereocenters. The summed E-state index contributed by atoms with van der Waals surface area (Å²) in [5.41, 5.74) is 1.82. The Morgan fingerprint density at radius 1 is 1.13 bits per heavy atom. The van der Waals surface area contributed by atoms with Gasteiger partial charge in [-0.3, -0.25) is 9.59 Å². The Hall–Kier alpha value is -2.08. The average Bonchev–Trinajstić information content (AvgIpc) is 2.71. The first-order chi connectivity index (χ1) is 14.3. The van der Waals surface area contributed by atoms with E-state index in [4.69, 9.17) is 23.2 Å². The maximum atomic E-state index is 13.4. The minimum Gasteiger partial charge on any atom is -0.481 e. The molecule has 2 N–H and O–H groups in total. The molecular weight excluding hydrogens is 425 g/mol. The van der Waals surface area contributed by atoms with Crippen LogP contribution in [-0.2, 0) is 9.59 Å². The summed E-state index contributed by atoms with van der Waals surface area (Å²) in [6.45, 7) is 1.71. The molecule has 1 aliphatic rings. The van der Waals surface area contributed by atoms with Gasteiger partial charge in [0.05, 0.1) is 25.1 Å². The lowest BCUT2D eigenvalue weighted by atomic mass is 9.74. The number of benzene rings is 2. The zero-order valence-electron chi connectivity index (χ0n) is 16.7. The number of amides is 1. The van der Waals surface area contributed by atoms with E-state index in [1.54, 1.807) is 23.1 Å². The molecule has 2 aromatic carbocycles. The van der Waals surface area contributed by atoms with Gasteiger partial charge in [-0.05, 0) is 48.2 Å². The molecular formula is C23H25Cl2NO4. The summed E-state index contributed by atoms with van der Waals surface area (Å²) in [6, 6.07) is 14.0. The lowest BCUT2D eigenvalue weighted by Gasteiger charge is -2.48. The molecule has 0 bridgehead atoms. The Balaban J connectivity index is 2.16. The summed E-state index contributed by atoms with van der Waals surface area (Å²) in [4.78, 5) is 26.6. The molecule has 3 rings (SSSR count). The van der Waals surface area contributed by atoms with Crippen LogP contribution in [0.25, 0.3) is 0 Å². The molecule has 0 aliphatic carbocycles. The predicted octanol–water partition coefficient (Wildman–Crippen LogP) is 4.91. The molecule has 5 nitrogen and oxygen atoms in total. The number of rotatable bonds is 7. The molecule has 0 radical (unpaired) electrons. The number of carbonyl (C=O) groups excluding carboxylic acids is 1. The van der Waals surface area contributed by atoms with Crippen LogP contribution in [-0.4, -0.2) is 39.6 Å². The van der Waals surface area contributed by atoms with E-state index in [9.17, 15) is 19.8 Å². The number of hydrogen-bond donors (Lipinski definition) is 2. The summed E-state index contributed by atoms with van der Waals surface area (Å²) in [5.74, 6) is -2.10. The molecule has 160 valence electrons. The van der Waals surface area contributed by atoms with Gasteiger partial charge in [-0.25, -0.2) is 0 Å². The molecule has 0 spiro atoms. The van der Waals surface area contributed by atoms with Gasteiger partial charge < -0.3 is 15.1 Å².